The Morgan fingerprint density at radius 2 is 1.15 bits per heavy atom. The van der Waals surface area contributed by atoms with Crippen molar-refractivity contribution >= 4 is 34.1 Å². The van der Waals surface area contributed by atoms with Gasteiger partial charge in [0.15, 0.2) is 0 Å². The lowest BCUT2D eigenvalue weighted by atomic mass is 10.1. The number of nitrogen functional groups attached to an aromatic ring is 2. The van der Waals surface area contributed by atoms with Crippen molar-refractivity contribution in [3.05, 3.63) is 76.4 Å². The predicted molar refractivity (Wildman–Crippen MR) is 93.1 cm³/mol. The van der Waals surface area contributed by atoms with Crippen molar-refractivity contribution in [3.8, 4) is 0 Å². The Balaban J connectivity index is 0.000000271. The van der Waals surface area contributed by atoms with E-state index in [1.165, 1.54) is 6.92 Å². The zero-order valence-corrected chi connectivity index (χ0v) is 13.6. The molecule has 4 N–H and O–H groups in total. The molecule has 0 radical (unpaired) electrons. The minimum absolute atomic E-state index is 0.0471. The van der Waals surface area contributed by atoms with Crippen molar-refractivity contribution < 1.29 is 19.7 Å². The van der Waals surface area contributed by atoms with Gasteiger partial charge >= 0.3 is 0 Å². The molecule has 0 spiro atoms. The van der Waals surface area contributed by atoms with Crippen molar-refractivity contribution in [3.63, 3.8) is 0 Å². The maximum atomic E-state index is 10.5. The minimum atomic E-state index is -0.762. The first-order valence-corrected chi connectivity index (χ1v) is 6.83. The molecule has 0 fully saturated rings. The van der Waals surface area contributed by atoms with Crippen molar-refractivity contribution in [2.75, 3.05) is 11.5 Å². The summed E-state index contributed by atoms with van der Waals surface area (Å²) in [6, 6.07) is 5.07. The van der Waals surface area contributed by atoms with Crippen LogP contribution in [0, 0.1) is 47.4 Å². The highest BCUT2D eigenvalue weighted by Gasteiger charge is 2.19. The molecule has 0 saturated carbocycles. The molecular formula is C13H12N6O8. The van der Waals surface area contributed by atoms with Gasteiger partial charge in [-0.1, -0.05) is 0 Å². The molecule has 27 heavy (non-hydrogen) atoms. The summed E-state index contributed by atoms with van der Waals surface area (Å²) in [5.74, 6) is 0. The number of anilines is 2. The summed E-state index contributed by atoms with van der Waals surface area (Å²) in [5, 5.41) is 41.4. The summed E-state index contributed by atoms with van der Waals surface area (Å²) in [4.78, 5) is 38.5. The van der Waals surface area contributed by atoms with E-state index in [1.807, 2.05) is 0 Å². The van der Waals surface area contributed by atoms with Crippen LogP contribution in [0.4, 0.5) is 34.1 Å². The maximum Gasteiger partial charge on any atom is 0.298 e. The predicted octanol–water partition coefficient (Wildman–Crippen LogP) is 2.48. The average molecular weight is 380 g/mol. The molecule has 0 heterocycles. The number of hydrogen-bond acceptors (Lipinski definition) is 10. The van der Waals surface area contributed by atoms with Crippen LogP contribution in [0.2, 0.25) is 0 Å². The van der Waals surface area contributed by atoms with E-state index in [4.69, 9.17) is 11.5 Å². The zero-order chi connectivity index (χ0) is 20.9. The average Bonchev–Trinajstić information content (AvgIpc) is 2.57. The molecule has 142 valence electrons. The van der Waals surface area contributed by atoms with E-state index < -0.39 is 25.4 Å². The van der Waals surface area contributed by atoms with Gasteiger partial charge in [0.05, 0.1) is 37.4 Å². The number of nitro benzene ring substituents is 4. The second-order valence-electron chi connectivity index (χ2n) is 4.95. The van der Waals surface area contributed by atoms with E-state index in [2.05, 4.69) is 0 Å². The third kappa shape index (κ3) is 5.05. The molecule has 0 aliphatic heterocycles. The molecule has 2 rings (SSSR count). The van der Waals surface area contributed by atoms with Gasteiger partial charge in [0.2, 0.25) is 0 Å². The molecule has 0 amide bonds. The van der Waals surface area contributed by atoms with Crippen LogP contribution in [0.25, 0.3) is 0 Å². The van der Waals surface area contributed by atoms with Crippen molar-refractivity contribution in [2.45, 2.75) is 6.92 Å². The van der Waals surface area contributed by atoms with E-state index in [1.54, 1.807) is 0 Å². The molecule has 0 bridgehead atoms. The van der Waals surface area contributed by atoms with Crippen molar-refractivity contribution in [1.82, 2.24) is 0 Å². The van der Waals surface area contributed by atoms with Crippen LogP contribution in [0.15, 0.2) is 30.3 Å². The number of non-ortho nitro benzene ring substituents is 2. The fourth-order valence-corrected chi connectivity index (χ4v) is 1.80. The highest BCUT2D eigenvalue weighted by molar-refractivity contribution is 5.63. The van der Waals surface area contributed by atoms with E-state index in [0.29, 0.717) is 0 Å². The number of hydrogen-bond donors (Lipinski definition) is 2. The molecule has 14 nitrogen and oxygen atoms in total. The van der Waals surface area contributed by atoms with Crippen LogP contribution in [-0.2, 0) is 0 Å². The highest BCUT2D eigenvalue weighted by Crippen LogP contribution is 2.29. The smallest absolute Gasteiger partial charge is 0.298 e. The molecular weight excluding hydrogens is 368 g/mol. The van der Waals surface area contributed by atoms with Gasteiger partial charge in [-0.2, -0.15) is 0 Å². The first-order chi connectivity index (χ1) is 12.5. The Hall–Kier alpha value is -4.36. The fourth-order valence-electron chi connectivity index (χ4n) is 1.80. The molecule has 2 aromatic rings. The normalized spacial score (nSPS) is 9.67. The van der Waals surface area contributed by atoms with Crippen LogP contribution in [0.5, 0.6) is 0 Å². The molecule has 0 aromatic heterocycles. The van der Waals surface area contributed by atoms with Gasteiger partial charge in [-0.05, 0) is 13.0 Å². The van der Waals surface area contributed by atoms with Crippen LogP contribution in [0.3, 0.4) is 0 Å². The second kappa shape index (κ2) is 8.15. The van der Waals surface area contributed by atoms with Crippen molar-refractivity contribution in [2.24, 2.45) is 0 Å². The van der Waals surface area contributed by atoms with Crippen molar-refractivity contribution in [1.29, 1.82) is 0 Å². The Kier molecular flexibility index (Phi) is 6.24. The maximum absolute atomic E-state index is 10.5. The van der Waals surface area contributed by atoms with Gasteiger partial charge in [0, 0.05) is 17.8 Å². The zero-order valence-electron chi connectivity index (χ0n) is 13.6. The third-order valence-corrected chi connectivity index (χ3v) is 3.23. The summed E-state index contributed by atoms with van der Waals surface area (Å²) in [5.41, 5.74) is 9.30. The number of benzene rings is 2. The van der Waals surface area contributed by atoms with Crippen LogP contribution < -0.4 is 11.5 Å². The SMILES string of the molecule is Cc1c(N)cc([N+](=O)[O-])cc1[N+](=O)[O-].Nc1ccc([N+](=O)[O-])cc1[N+](=O)[O-]. The summed E-state index contributed by atoms with van der Waals surface area (Å²) >= 11 is 0. The Labute approximate surface area is 149 Å². The van der Waals surface area contributed by atoms with Crippen LogP contribution in [-0.4, -0.2) is 19.7 Å². The molecule has 0 unspecified atom stereocenters. The van der Waals surface area contributed by atoms with Gasteiger partial charge in [-0.3, -0.25) is 40.5 Å². The van der Waals surface area contributed by atoms with Gasteiger partial charge in [-0.25, -0.2) is 0 Å². The second-order valence-corrected chi connectivity index (χ2v) is 4.95. The molecule has 0 aliphatic rings. The van der Waals surface area contributed by atoms with Gasteiger partial charge < -0.3 is 11.5 Å². The van der Waals surface area contributed by atoms with Gasteiger partial charge in [-0.15, -0.1) is 0 Å². The van der Waals surface area contributed by atoms with Gasteiger partial charge in [0.1, 0.15) is 5.69 Å². The lowest BCUT2D eigenvalue weighted by molar-refractivity contribution is -0.394. The topological polar surface area (TPSA) is 225 Å². The quantitative estimate of drug-likeness (QED) is 0.447. The Morgan fingerprint density at radius 1 is 0.667 bits per heavy atom. The van der Waals surface area contributed by atoms with E-state index in [-0.39, 0.29) is 34.0 Å². The number of nitrogens with two attached hydrogens (primary N) is 2. The lowest BCUT2D eigenvalue weighted by Crippen LogP contribution is -1.99. The van der Waals surface area contributed by atoms with E-state index in [0.717, 1.165) is 30.3 Å². The van der Waals surface area contributed by atoms with Gasteiger partial charge in [0.25, 0.3) is 22.7 Å². The summed E-state index contributed by atoms with van der Waals surface area (Å²) < 4.78 is 0. The first kappa shape index (κ1) is 20.7. The first-order valence-electron chi connectivity index (χ1n) is 6.83. The largest absolute Gasteiger partial charge is 0.398 e. The standard InChI is InChI=1S/C7H7N3O4.C6H5N3O4/c1-4-6(8)2-5(9(11)12)3-7(4)10(13)14;7-5-2-1-4(8(10)11)3-6(5)9(12)13/h2-3H,8H2,1H3;1-3H,7H2. The lowest BCUT2D eigenvalue weighted by Gasteiger charge is -2.00. The van der Waals surface area contributed by atoms with E-state index in [9.17, 15) is 40.5 Å². The minimum Gasteiger partial charge on any atom is -0.398 e. The molecule has 0 aliphatic carbocycles. The Morgan fingerprint density at radius 3 is 1.59 bits per heavy atom. The highest BCUT2D eigenvalue weighted by atomic mass is 16.6. The molecule has 0 atom stereocenters. The Bertz CT molecular complexity index is 945. The van der Waals surface area contributed by atoms with Crippen LogP contribution >= 0.6 is 0 Å². The molecule has 0 saturated heterocycles. The monoisotopic (exact) mass is 380 g/mol. The van der Waals surface area contributed by atoms with Crippen LogP contribution in [0.1, 0.15) is 5.56 Å². The summed E-state index contributed by atoms with van der Waals surface area (Å²) in [7, 11) is 0. The fraction of sp³-hybridized carbons (Fsp3) is 0.0769. The van der Waals surface area contributed by atoms with E-state index >= 15 is 0 Å². The number of rotatable bonds is 4. The summed E-state index contributed by atoms with van der Waals surface area (Å²) in [6.45, 7) is 1.44. The summed E-state index contributed by atoms with van der Waals surface area (Å²) in [6.07, 6.45) is 0. The number of nitrogens with zero attached hydrogens (tertiary/aromatic N) is 4. The third-order valence-electron chi connectivity index (χ3n) is 3.23. The number of nitro groups is 4. The molecule has 2 aromatic carbocycles. The molecule has 14 heteroatoms.